The molecule has 0 radical (unpaired) electrons. The zero-order valence-corrected chi connectivity index (χ0v) is 36.5. The monoisotopic (exact) mass is 855 g/mol. The van der Waals surface area contributed by atoms with E-state index in [1.165, 1.54) is 28.4 Å². The van der Waals surface area contributed by atoms with Crippen LogP contribution in [0.1, 0.15) is 36.7 Å². The fraction of sp³-hybridized carbons (Fsp3) is 0.349. The minimum atomic E-state index is -3.94. The first-order valence-corrected chi connectivity index (χ1v) is 21.1. The molecule has 0 saturated carbocycles. The molecule has 5 aromatic rings. The van der Waals surface area contributed by atoms with Gasteiger partial charge in [-0.2, -0.15) is 4.98 Å². The molecule has 61 heavy (non-hydrogen) atoms. The number of amides is 3. The van der Waals surface area contributed by atoms with Crippen LogP contribution in [0.25, 0.3) is 10.8 Å². The van der Waals surface area contributed by atoms with E-state index in [0.717, 1.165) is 32.7 Å². The van der Waals surface area contributed by atoms with E-state index < -0.39 is 21.5 Å². The molecule has 1 aliphatic rings. The highest BCUT2D eigenvalue weighted by Gasteiger charge is 2.27. The Morgan fingerprint density at radius 3 is 2.13 bits per heavy atom. The van der Waals surface area contributed by atoms with Crippen molar-refractivity contribution in [1.29, 1.82) is 0 Å². The number of anilines is 4. The molecule has 0 aliphatic carbocycles. The third kappa shape index (κ3) is 10.6. The summed E-state index contributed by atoms with van der Waals surface area (Å²) in [5.41, 5.74) is 1.68. The molecule has 3 amide bonds. The second-order valence-electron chi connectivity index (χ2n) is 15.4. The van der Waals surface area contributed by atoms with Crippen LogP contribution in [0.2, 0.25) is 0 Å². The van der Waals surface area contributed by atoms with Gasteiger partial charge in [-0.1, -0.05) is 45.0 Å². The van der Waals surface area contributed by atoms with E-state index in [4.69, 9.17) is 18.9 Å². The molecule has 17 nitrogen and oxygen atoms in total. The van der Waals surface area contributed by atoms with E-state index in [0.29, 0.717) is 51.5 Å². The van der Waals surface area contributed by atoms with E-state index in [1.54, 1.807) is 48.7 Å². The second kappa shape index (κ2) is 19.0. The summed E-state index contributed by atoms with van der Waals surface area (Å²) in [7, 11) is 3.80. The molecule has 0 spiro atoms. The Labute approximate surface area is 356 Å². The number of piperazine rings is 1. The van der Waals surface area contributed by atoms with Crippen LogP contribution >= 0.6 is 0 Å². The van der Waals surface area contributed by atoms with Crippen molar-refractivity contribution in [3.63, 3.8) is 0 Å². The molecule has 1 saturated heterocycles. The number of likely N-dealkylation sites (N-methyl/N-ethyl adjacent to an activating group) is 1. The Hall–Kier alpha value is -6.21. The normalized spacial score (nSPS) is 13.6. The van der Waals surface area contributed by atoms with Crippen molar-refractivity contribution in [2.24, 2.45) is 0 Å². The van der Waals surface area contributed by atoms with E-state index in [9.17, 15) is 18.0 Å². The van der Waals surface area contributed by atoms with Crippen molar-refractivity contribution >= 4 is 55.7 Å². The zero-order chi connectivity index (χ0) is 43.9. The van der Waals surface area contributed by atoms with Crippen molar-refractivity contribution in [2.75, 3.05) is 90.6 Å². The summed E-state index contributed by atoms with van der Waals surface area (Å²) < 4.78 is 51.3. The third-order valence-electron chi connectivity index (χ3n) is 10.2. The number of carbonyl (C=O) groups excluding carboxylic acids is 2. The van der Waals surface area contributed by atoms with Crippen LogP contribution in [0.4, 0.5) is 27.8 Å². The maximum Gasteiger partial charge on any atom is 0.323 e. The van der Waals surface area contributed by atoms with Gasteiger partial charge in [-0.05, 0) is 49.3 Å². The number of benzene rings is 4. The lowest BCUT2D eigenvalue weighted by molar-refractivity contribution is 0.0934. The predicted molar refractivity (Wildman–Crippen MR) is 236 cm³/mol. The van der Waals surface area contributed by atoms with Crippen LogP contribution in [0.15, 0.2) is 77.8 Å². The Morgan fingerprint density at radius 2 is 1.49 bits per heavy atom. The first kappa shape index (κ1) is 44.3. The lowest BCUT2D eigenvalue weighted by Gasteiger charge is -2.32. The van der Waals surface area contributed by atoms with Crippen LogP contribution < -0.4 is 44.9 Å². The Balaban J connectivity index is 1.18. The van der Waals surface area contributed by atoms with Gasteiger partial charge in [-0.15, -0.1) is 0 Å². The van der Waals surface area contributed by atoms with Gasteiger partial charge in [0.2, 0.25) is 21.9 Å². The lowest BCUT2D eigenvalue weighted by Crippen LogP contribution is -2.46. The van der Waals surface area contributed by atoms with Gasteiger partial charge in [0.25, 0.3) is 5.91 Å². The van der Waals surface area contributed by atoms with Gasteiger partial charge in [0, 0.05) is 80.1 Å². The Bertz CT molecular complexity index is 2480. The fourth-order valence-electron chi connectivity index (χ4n) is 6.79. The van der Waals surface area contributed by atoms with Crippen LogP contribution in [-0.2, 0) is 15.4 Å². The van der Waals surface area contributed by atoms with Gasteiger partial charge >= 0.3 is 6.03 Å². The van der Waals surface area contributed by atoms with E-state index in [1.807, 2.05) is 45.0 Å². The first-order chi connectivity index (χ1) is 29.1. The molecule has 324 valence electrons. The maximum absolute atomic E-state index is 13.5. The van der Waals surface area contributed by atoms with Gasteiger partial charge in [0.1, 0.15) is 27.7 Å². The summed E-state index contributed by atoms with van der Waals surface area (Å²) in [6.45, 7) is 11.0. The number of hydrogen-bond acceptors (Lipinski definition) is 13. The number of carbonyl (C=O) groups is 2. The number of nitrogens with one attached hydrogen (secondary N) is 5. The number of aromatic nitrogens is 2. The van der Waals surface area contributed by atoms with Gasteiger partial charge in [0.15, 0.2) is 5.75 Å². The first-order valence-electron chi connectivity index (χ1n) is 19.6. The maximum atomic E-state index is 13.5. The van der Waals surface area contributed by atoms with Crippen LogP contribution in [0.5, 0.6) is 28.9 Å². The standard InChI is InChI=1S/C43H53N9O8S/c1-43(2,3)27-23-32(39(59-8)36(24-27)61(55,56)44-4)49-42(54)48-31-13-14-33(30-12-10-9-11-29(30)31)60-37-15-16-46-41(50-37)47-28-25-34(57-6)38(35(26-28)58-7)40(53)45-17-18-52-21-19-51(5)20-22-52/h9-16,23-26,44H,17-22H2,1-8H3,(H,45,53)(H,46,47,50)(H2,48,49,54). The van der Waals surface area contributed by atoms with Crippen molar-refractivity contribution in [2.45, 2.75) is 31.1 Å². The predicted octanol–water partition coefficient (Wildman–Crippen LogP) is 6.02. The second-order valence-corrected chi connectivity index (χ2v) is 17.2. The lowest BCUT2D eigenvalue weighted by atomic mass is 9.86. The van der Waals surface area contributed by atoms with Gasteiger partial charge < -0.3 is 45.1 Å². The smallest absolute Gasteiger partial charge is 0.323 e. The van der Waals surface area contributed by atoms with E-state index >= 15 is 0 Å². The van der Waals surface area contributed by atoms with E-state index in [-0.39, 0.29) is 39.6 Å². The van der Waals surface area contributed by atoms with Gasteiger partial charge in [-0.3, -0.25) is 9.69 Å². The van der Waals surface area contributed by atoms with Crippen molar-refractivity contribution < 1.29 is 37.0 Å². The average molecular weight is 856 g/mol. The Morgan fingerprint density at radius 1 is 0.820 bits per heavy atom. The molecule has 1 aromatic heterocycles. The number of fused-ring (bicyclic) bond motifs is 1. The molecule has 5 N–H and O–H groups in total. The fourth-order valence-corrected chi connectivity index (χ4v) is 7.73. The number of sulfonamides is 1. The minimum absolute atomic E-state index is 0.00455. The minimum Gasteiger partial charge on any atom is -0.496 e. The van der Waals surface area contributed by atoms with E-state index in [2.05, 4.69) is 52.8 Å². The average Bonchev–Trinajstić information content (AvgIpc) is 3.24. The molecule has 1 aliphatic heterocycles. The molecule has 1 fully saturated rings. The molecule has 2 heterocycles. The zero-order valence-electron chi connectivity index (χ0n) is 35.6. The Kier molecular flexibility index (Phi) is 13.8. The van der Waals surface area contributed by atoms with Crippen molar-refractivity contribution in [3.8, 4) is 28.9 Å². The molecular weight excluding hydrogens is 803 g/mol. The van der Waals surface area contributed by atoms with Crippen molar-refractivity contribution in [1.82, 2.24) is 29.8 Å². The summed E-state index contributed by atoms with van der Waals surface area (Å²) in [5.74, 6) is 1.21. The quantitative estimate of drug-likeness (QED) is 0.0821. The molecule has 18 heteroatoms. The largest absolute Gasteiger partial charge is 0.496 e. The number of nitrogens with zero attached hydrogens (tertiary/aromatic N) is 4. The van der Waals surface area contributed by atoms with Crippen LogP contribution in [0.3, 0.4) is 0 Å². The number of methoxy groups -OCH3 is 3. The van der Waals surface area contributed by atoms with Crippen LogP contribution in [0, 0.1) is 0 Å². The number of rotatable bonds is 15. The van der Waals surface area contributed by atoms with Gasteiger partial charge in [-0.25, -0.2) is 22.9 Å². The summed E-state index contributed by atoms with van der Waals surface area (Å²) in [5, 5.41) is 13.2. The molecule has 4 aromatic carbocycles. The number of urea groups is 1. The van der Waals surface area contributed by atoms with Crippen molar-refractivity contribution in [3.05, 3.63) is 84.1 Å². The highest BCUT2D eigenvalue weighted by molar-refractivity contribution is 7.89. The van der Waals surface area contributed by atoms with Crippen LogP contribution in [-0.4, -0.2) is 115 Å². The highest BCUT2D eigenvalue weighted by Crippen LogP contribution is 2.39. The topological polar surface area (TPSA) is 198 Å². The SMILES string of the molecule is CNS(=O)(=O)c1cc(C(C)(C)C)cc(NC(=O)Nc2ccc(Oc3ccnc(Nc4cc(OC)c(C(=O)NCCN5CCN(C)CC5)c(OC)c4)n3)c3ccccc23)c1OC. The number of ether oxygens (including phenoxy) is 4. The molecule has 0 atom stereocenters. The molecule has 0 unspecified atom stereocenters. The molecule has 0 bridgehead atoms. The summed E-state index contributed by atoms with van der Waals surface area (Å²) in [4.78, 5) is 40.3. The highest BCUT2D eigenvalue weighted by atomic mass is 32.2. The summed E-state index contributed by atoms with van der Waals surface area (Å²) >= 11 is 0. The molecule has 6 rings (SSSR count). The third-order valence-corrected chi connectivity index (χ3v) is 11.6. The summed E-state index contributed by atoms with van der Waals surface area (Å²) in [6, 6.07) is 18.3. The molecular formula is C43H53N9O8S. The number of hydrogen-bond donors (Lipinski definition) is 5. The summed E-state index contributed by atoms with van der Waals surface area (Å²) in [6.07, 6.45) is 1.54. The van der Waals surface area contributed by atoms with Gasteiger partial charge in [0.05, 0.1) is 32.7 Å².